The highest BCUT2D eigenvalue weighted by Gasteiger charge is 2.21. The van der Waals surface area contributed by atoms with Crippen molar-refractivity contribution < 1.29 is 5.11 Å². The first-order chi connectivity index (χ1) is 13.5. The van der Waals surface area contributed by atoms with Crippen molar-refractivity contribution in [2.45, 2.75) is 38.8 Å². The Morgan fingerprint density at radius 3 is 2.69 bits per heavy atom. The zero-order chi connectivity index (χ0) is 19.9. The molecule has 0 saturated carbocycles. The molecule has 1 saturated heterocycles. The maximum atomic E-state index is 10.3. The van der Waals surface area contributed by atoms with E-state index in [4.69, 9.17) is 11.6 Å². The molecule has 29 heavy (non-hydrogen) atoms. The predicted molar refractivity (Wildman–Crippen MR) is 133 cm³/mol. The zero-order valence-electron chi connectivity index (χ0n) is 16.8. The van der Waals surface area contributed by atoms with E-state index in [0.29, 0.717) is 16.9 Å². The third-order valence-electron chi connectivity index (χ3n) is 4.74. The highest BCUT2D eigenvalue weighted by molar-refractivity contribution is 14.0. The van der Waals surface area contributed by atoms with Crippen molar-refractivity contribution in [3.05, 3.63) is 45.2 Å². The molecule has 9 heteroatoms. The summed E-state index contributed by atoms with van der Waals surface area (Å²) in [5.41, 5.74) is 1.18. The molecule has 1 atom stereocenters. The topological polar surface area (TPSA) is 72.8 Å². The first kappa shape index (κ1) is 24.2. The minimum absolute atomic E-state index is 0. The molecule has 0 aliphatic carbocycles. The molecule has 1 fully saturated rings. The number of anilines is 1. The predicted octanol–water partition coefficient (Wildman–Crippen LogP) is 3.98. The highest BCUT2D eigenvalue weighted by atomic mass is 127. The van der Waals surface area contributed by atoms with Crippen molar-refractivity contribution in [2.75, 3.05) is 31.1 Å². The van der Waals surface area contributed by atoms with E-state index in [2.05, 4.69) is 44.6 Å². The van der Waals surface area contributed by atoms with Gasteiger partial charge in [-0.3, -0.25) is 4.99 Å². The molecule has 1 aliphatic rings. The Labute approximate surface area is 198 Å². The summed E-state index contributed by atoms with van der Waals surface area (Å²) in [5, 5.41) is 17.1. The Bertz CT molecular complexity index is 777. The van der Waals surface area contributed by atoms with Gasteiger partial charge in [-0.05, 0) is 50.5 Å². The first-order valence-corrected chi connectivity index (χ1v) is 10.9. The van der Waals surface area contributed by atoms with Crippen LogP contribution in [0.4, 0.5) is 5.82 Å². The number of aromatic nitrogens is 1. The number of pyridine rings is 1. The lowest BCUT2D eigenvalue weighted by atomic mass is 10.1. The van der Waals surface area contributed by atoms with E-state index < -0.39 is 6.10 Å². The van der Waals surface area contributed by atoms with Gasteiger partial charge in [0, 0.05) is 36.8 Å². The summed E-state index contributed by atoms with van der Waals surface area (Å²) in [5.74, 6) is 1.79. The van der Waals surface area contributed by atoms with Crippen LogP contribution in [0.5, 0.6) is 0 Å². The van der Waals surface area contributed by atoms with E-state index in [9.17, 15) is 5.11 Å². The van der Waals surface area contributed by atoms with Crippen LogP contribution in [0.25, 0.3) is 0 Å². The summed E-state index contributed by atoms with van der Waals surface area (Å²) < 4.78 is 0.679. The number of guanidine groups is 1. The van der Waals surface area contributed by atoms with Crippen molar-refractivity contribution in [3.63, 3.8) is 0 Å². The quantitative estimate of drug-likeness (QED) is 0.289. The molecule has 6 nitrogen and oxygen atoms in total. The second kappa shape index (κ2) is 11.9. The molecule has 1 aliphatic heterocycles. The Morgan fingerprint density at radius 2 is 2.10 bits per heavy atom. The number of thiophene rings is 1. The van der Waals surface area contributed by atoms with E-state index >= 15 is 0 Å². The van der Waals surface area contributed by atoms with Crippen LogP contribution in [0, 0.1) is 6.92 Å². The van der Waals surface area contributed by atoms with E-state index in [1.54, 1.807) is 6.07 Å². The van der Waals surface area contributed by atoms with Gasteiger partial charge in [0.05, 0.1) is 10.9 Å². The lowest BCUT2D eigenvalue weighted by molar-refractivity contribution is 0.191. The van der Waals surface area contributed by atoms with Gasteiger partial charge in [0.2, 0.25) is 0 Å². The van der Waals surface area contributed by atoms with Gasteiger partial charge in [0.25, 0.3) is 0 Å². The van der Waals surface area contributed by atoms with Crippen LogP contribution < -0.4 is 15.5 Å². The second-order valence-electron chi connectivity index (χ2n) is 6.98. The fourth-order valence-corrected chi connectivity index (χ4v) is 4.23. The van der Waals surface area contributed by atoms with Gasteiger partial charge in [-0.25, -0.2) is 4.98 Å². The average Bonchev–Trinajstić information content (AvgIpc) is 3.14. The van der Waals surface area contributed by atoms with Crippen molar-refractivity contribution >= 4 is 58.7 Å². The van der Waals surface area contributed by atoms with Gasteiger partial charge >= 0.3 is 0 Å². The van der Waals surface area contributed by atoms with Crippen LogP contribution in [0.2, 0.25) is 4.34 Å². The molecule has 3 heterocycles. The average molecular weight is 550 g/mol. The van der Waals surface area contributed by atoms with Crippen molar-refractivity contribution in [1.29, 1.82) is 0 Å². The molecule has 1 unspecified atom stereocenters. The molecule has 2 aromatic rings. The number of halogens is 2. The number of aryl methyl sites for hydroxylation is 1. The van der Waals surface area contributed by atoms with Crippen LogP contribution in [-0.4, -0.2) is 48.3 Å². The van der Waals surface area contributed by atoms with Crippen LogP contribution in [0.15, 0.2) is 35.5 Å². The molecule has 0 radical (unpaired) electrons. The molecule has 0 amide bonds. The molecular weight excluding hydrogens is 521 g/mol. The highest BCUT2D eigenvalue weighted by Crippen LogP contribution is 2.27. The van der Waals surface area contributed by atoms with Gasteiger partial charge < -0.3 is 20.6 Å². The van der Waals surface area contributed by atoms with Crippen LogP contribution in [0.3, 0.4) is 0 Å². The number of nitrogens with one attached hydrogen (secondary N) is 2. The lowest BCUT2D eigenvalue weighted by Gasteiger charge is -2.33. The van der Waals surface area contributed by atoms with Crippen molar-refractivity contribution in [3.8, 4) is 0 Å². The maximum Gasteiger partial charge on any atom is 0.191 e. The summed E-state index contributed by atoms with van der Waals surface area (Å²) in [4.78, 5) is 12.3. The van der Waals surface area contributed by atoms with Crippen LogP contribution >= 0.6 is 46.9 Å². The normalized spacial score (nSPS) is 16.3. The Kier molecular flexibility index (Phi) is 9.94. The number of rotatable bonds is 6. The standard InChI is InChI=1S/C20H28ClN5OS.HI/c1-3-22-20(24-13-16(27)17-5-6-18(21)28-17)25-15-8-10-26(11-9-15)19-7-4-14(2)12-23-19;/h4-7,12,15-16,27H,3,8-11,13H2,1-2H3,(H2,22,24,25);1H. The van der Waals surface area contributed by atoms with Crippen LogP contribution in [0.1, 0.15) is 36.3 Å². The van der Waals surface area contributed by atoms with Crippen LogP contribution in [-0.2, 0) is 0 Å². The third kappa shape index (κ3) is 7.27. The fraction of sp³-hybridized carbons (Fsp3) is 0.500. The molecule has 2 aromatic heterocycles. The number of hydrogen-bond acceptors (Lipinski definition) is 5. The number of hydrogen-bond donors (Lipinski definition) is 3. The number of aliphatic hydroxyl groups is 1. The largest absolute Gasteiger partial charge is 0.386 e. The minimum Gasteiger partial charge on any atom is -0.386 e. The van der Waals surface area contributed by atoms with E-state index in [-0.39, 0.29) is 24.0 Å². The van der Waals surface area contributed by atoms with E-state index in [1.807, 2.05) is 19.2 Å². The minimum atomic E-state index is -0.637. The van der Waals surface area contributed by atoms with Gasteiger partial charge in [-0.15, -0.1) is 35.3 Å². The van der Waals surface area contributed by atoms with Gasteiger partial charge in [-0.2, -0.15) is 0 Å². The number of nitrogens with zero attached hydrogens (tertiary/aromatic N) is 3. The van der Waals surface area contributed by atoms with E-state index in [1.165, 1.54) is 16.9 Å². The molecule has 3 N–H and O–H groups in total. The number of aliphatic imine (C=N–C) groups is 1. The third-order valence-corrected chi connectivity index (χ3v) is 6.08. The monoisotopic (exact) mass is 549 g/mol. The first-order valence-electron chi connectivity index (χ1n) is 9.71. The summed E-state index contributed by atoms with van der Waals surface area (Å²) in [6, 6.07) is 8.20. The summed E-state index contributed by atoms with van der Waals surface area (Å²) in [6.07, 6.45) is 3.32. The summed E-state index contributed by atoms with van der Waals surface area (Å²) in [7, 11) is 0. The Balaban J connectivity index is 0.00000300. The molecule has 0 spiro atoms. The van der Waals surface area contributed by atoms with E-state index in [0.717, 1.165) is 49.1 Å². The Morgan fingerprint density at radius 1 is 1.34 bits per heavy atom. The fourth-order valence-electron chi connectivity index (χ4n) is 3.19. The SMILES string of the molecule is CCNC(=NCC(O)c1ccc(Cl)s1)NC1CCN(c2ccc(C)cn2)CC1.I. The van der Waals surface area contributed by atoms with Crippen molar-refractivity contribution in [2.24, 2.45) is 4.99 Å². The van der Waals surface area contributed by atoms with Gasteiger partial charge in [0.15, 0.2) is 5.96 Å². The summed E-state index contributed by atoms with van der Waals surface area (Å²) in [6.45, 7) is 7.10. The molecule has 160 valence electrons. The lowest BCUT2D eigenvalue weighted by Crippen LogP contribution is -2.49. The van der Waals surface area contributed by atoms with Crippen molar-refractivity contribution in [1.82, 2.24) is 15.6 Å². The summed E-state index contributed by atoms with van der Waals surface area (Å²) >= 11 is 7.34. The molecule has 0 bridgehead atoms. The zero-order valence-corrected chi connectivity index (χ0v) is 20.7. The Hall–Kier alpha value is -1.10. The molecular formula is C20H29ClIN5OS. The smallest absolute Gasteiger partial charge is 0.191 e. The second-order valence-corrected chi connectivity index (χ2v) is 8.72. The molecule has 3 rings (SSSR count). The van der Waals surface area contributed by atoms with Gasteiger partial charge in [-0.1, -0.05) is 17.7 Å². The number of aliphatic hydroxyl groups excluding tert-OH is 1. The molecule has 0 aromatic carbocycles. The number of piperidine rings is 1. The van der Waals surface area contributed by atoms with Gasteiger partial charge in [0.1, 0.15) is 11.9 Å². The maximum absolute atomic E-state index is 10.3.